The molecule has 3 atom stereocenters. The first-order chi connectivity index (χ1) is 10.1. The molecule has 2 fully saturated rings. The molecule has 21 heavy (non-hydrogen) atoms. The lowest BCUT2D eigenvalue weighted by Crippen LogP contribution is -2.57. The zero-order valence-electron chi connectivity index (χ0n) is 12.5. The van der Waals surface area contributed by atoms with Crippen molar-refractivity contribution in [2.24, 2.45) is 5.92 Å². The third-order valence-corrected chi connectivity index (χ3v) is 4.17. The van der Waals surface area contributed by atoms with Gasteiger partial charge in [-0.2, -0.15) is 0 Å². The predicted octanol–water partition coefficient (Wildman–Crippen LogP) is 2.17. The van der Waals surface area contributed by atoms with Crippen molar-refractivity contribution in [3.05, 3.63) is 23.9 Å². The monoisotopic (exact) mass is 290 g/mol. The first-order valence-electron chi connectivity index (χ1n) is 7.69. The smallest absolute Gasteiger partial charge is 0.256 e. The van der Waals surface area contributed by atoms with E-state index in [1.165, 1.54) is 0 Å². The molecule has 2 heterocycles. The van der Waals surface area contributed by atoms with E-state index in [2.05, 4.69) is 10.3 Å². The highest BCUT2D eigenvalue weighted by atomic mass is 16.5. The van der Waals surface area contributed by atoms with E-state index in [4.69, 9.17) is 9.47 Å². The standard InChI is InChI=1S/C16H22N2O3/c1-10(2)21-16-12(5-3-7-17-16)15(19)18-13-9-14-11(13)6-4-8-20-14/h3,5,7,10-11,13-14H,4,6,8-9H2,1-2H3,(H,18,19)/t11-,13+,14+/m0/s1. The Labute approximate surface area is 125 Å². The number of fused-ring (bicyclic) bond motifs is 1. The third-order valence-electron chi connectivity index (χ3n) is 4.17. The summed E-state index contributed by atoms with van der Waals surface area (Å²) in [6, 6.07) is 3.73. The molecule has 5 heteroatoms. The fourth-order valence-corrected chi connectivity index (χ4v) is 3.09. The van der Waals surface area contributed by atoms with Gasteiger partial charge in [-0.05, 0) is 45.2 Å². The van der Waals surface area contributed by atoms with Crippen LogP contribution in [-0.2, 0) is 4.74 Å². The van der Waals surface area contributed by atoms with Crippen LogP contribution in [0.5, 0.6) is 5.88 Å². The number of carbonyl (C=O) groups is 1. The van der Waals surface area contributed by atoms with Gasteiger partial charge in [0.2, 0.25) is 5.88 Å². The van der Waals surface area contributed by atoms with Gasteiger partial charge in [0.05, 0.1) is 12.2 Å². The molecule has 5 nitrogen and oxygen atoms in total. The van der Waals surface area contributed by atoms with Gasteiger partial charge >= 0.3 is 0 Å². The van der Waals surface area contributed by atoms with Crippen molar-refractivity contribution in [2.45, 2.75) is 51.4 Å². The van der Waals surface area contributed by atoms with Crippen LogP contribution in [0.15, 0.2) is 18.3 Å². The fraction of sp³-hybridized carbons (Fsp3) is 0.625. The Morgan fingerprint density at radius 3 is 3.14 bits per heavy atom. The number of pyridine rings is 1. The van der Waals surface area contributed by atoms with Crippen LogP contribution in [0.4, 0.5) is 0 Å². The first kappa shape index (κ1) is 14.3. The molecule has 0 spiro atoms. The van der Waals surface area contributed by atoms with Gasteiger partial charge in [-0.15, -0.1) is 0 Å². The van der Waals surface area contributed by atoms with E-state index in [-0.39, 0.29) is 18.1 Å². The maximum atomic E-state index is 12.5. The lowest BCUT2D eigenvalue weighted by Gasteiger charge is -2.47. The van der Waals surface area contributed by atoms with Crippen LogP contribution in [0.3, 0.4) is 0 Å². The molecule has 1 aromatic rings. The SMILES string of the molecule is CC(C)Oc1ncccc1C(=O)N[C@@H]1C[C@H]2OCCC[C@@H]12. The second-order valence-corrected chi connectivity index (χ2v) is 6.05. The fourth-order valence-electron chi connectivity index (χ4n) is 3.09. The number of aromatic nitrogens is 1. The molecule has 0 unspecified atom stereocenters. The van der Waals surface area contributed by atoms with Gasteiger partial charge in [0.25, 0.3) is 5.91 Å². The van der Waals surface area contributed by atoms with Crippen LogP contribution in [-0.4, -0.2) is 35.7 Å². The normalized spacial score (nSPS) is 27.7. The Balaban J connectivity index is 1.66. The summed E-state index contributed by atoms with van der Waals surface area (Å²) < 4.78 is 11.3. The highest BCUT2D eigenvalue weighted by molar-refractivity contribution is 5.96. The Bertz CT molecular complexity index is 518. The molecule has 1 saturated heterocycles. The second kappa shape index (κ2) is 6.02. The highest BCUT2D eigenvalue weighted by Crippen LogP contribution is 2.38. The zero-order valence-corrected chi connectivity index (χ0v) is 12.5. The number of amides is 1. The van der Waals surface area contributed by atoms with Crippen LogP contribution in [0, 0.1) is 5.92 Å². The van der Waals surface area contributed by atoms with Gasteiger partial charge in [0.15, 0.2) is 0 Å². The topological polar surface area (TPSA) is 60.5 Å². The number of nitrogens with one attached hydrogen (secondary N) is 1. The molecule has 1 N–H and O–H groups in total. The maximum Gasteiger partial charge on any atom is 0.256 e. The summed E-state index contributed by atoms with van der Waals surface area (Å²) in [4.78, 5) is 16.6. The van der Waals surface area contributed by atoms with E-state index in [9.17, 15) is 4.79 Å². The van der Waals surface area contributed by atoms with E-state index in [1.54, 1.807) is 18.3 Å². The van der Waals surface area contributed by atoms with Crippen molar-refractivity contribution in [3.63, 3.8) is 0 Å². The Morgan fingerprint density at radius 2 is 2.38 bits per heavy atom. The maximum absolute atomic E-state index is 12.5. The van der Waals surface area contributed by atoms with Gasteiger partial charge in [-0.1, -0.05) is 0 Å². The number of rotatable bonds is 4. The average molecular weight is 290 g/mol. The van der Waals surface area contributed by atoms with E-state index in [1.807, 2.05) is 13.8 Å². The number of hydrogen-bond donors (Lipinski definition) is 1. The summed E-state index contributed by atoms with van der Waals surface area (Å²) in [5, 5.41) is 3.11. The molecule has 1 saturated carbocycles. The number of nitrogens with zero attached hydrogens (tertiary/aromatic N) is 1. The summed E-state index contributed by atoms with van der Waals surface area (Å²) in [6.07, 6.45) is 5.11. The van der Waals surface area contributed by atoms with Gasteiger partial charge in [-0.25, -0.2) is 4.98 Å². The molecule has 1 amide bonds. The minimum atomic E-state index is -0.104. The Hall–Kier alpha value is -1.62. The largest absolute Gasteiger partial charge is 0.474 e. The quantitative estimate of drug-likeness (QED) is 0.923. The van der Waals surface area contributed by atoms with E-state index in [0.717, 1.165) is 25.9 Å². The lowest BCUT2D eigenvalue weighted by molar-refractivity contribution is -0.100. The van der Waals surface area contributed by atoms with Crippen LogP contribution < -0.4 is 10.1 Å². The summed E-state index contributed by atoms with van der Waals surface area (Å²) >= 11 is 0. The second-order valence-electron chi connectivity index (χ2n) is 6.05. The Morgan fingerprint density at radius 1 is 1.52 bits per heavy atom. The van der Waals surface area contributed by atoms with Crippen LogP contribution in [0.2, 0.25) is 0 Å². The van der Waals surface area contributed by atoms with Crippen LogP contribution >= 0.6 is 0 Å². The molecule has 3 rings (SSSR count). The van der Waals surface area contributed by atoms with Gasteiger partial charge in [0, 0.05) is 24.8 Å². The minimum absolute atomic E-state index is 0.00808. The first-order valence-corrected chi connectivity index (χ1v) is 7.69. The van der Waals surface area contributed by atoms with E-state index in [0.29, 0.717) is 23.5 Å². The van der Waals surface area contributed by atoms with Crippen LogP contribution in [0.1, 0.15) is 43.5 Å². The van der Waals surface area contributed by atoms with E-state index < -0.39 is 0 Å². The van der Waals surface area contributed by atoms with Crippen molar-refractivity contribution in [2.75, 3.05) is 6.61 Å². The van der Waals surface area contributed by atoms with Crippen molar-refractivity contribution in [1.82, 2.24) is 10.3 Å². The third kappa shape index (κ3) is 3.02. The lowest BCUT2D eigenvalue weighted by atomic mass is 9.72. The van der Waals surface area contributed by atoms with Crippen molar-refractivity contribution in [1.29, 1.82) is 0 Å². The molecular formula is C16H22N2O3. The van der Waals surface area contributed by atoms with Crippen molar-refractivity contribution >= 4 is 5.91 Å². The predicted molar refractivity (Wildman–Crippen MR) is 78.3 cm³/mol. The van der Waals surface area contributed by atoms with Gasteiger partial charge < -0.3 is 14.8 Å². The summed E-state index contributed by atoms with van der Waals surface area (Å²) in [6.45, 7) is 4.70. The van der Waals surface area contributed by atoms with Crippen molar-refractivity contribution in [3.8, 4) is 5.88 Å². The Kier molecular flexibility index (Phi) is 4.10. The van der Waals surface area contributed by atoms with Gasteiger partial charge in [-0.3, -0.25) is 4.79 Å². The molecule has 2 aliphatic rings. The molecule has 1 aromatic heterocycles. The summed E-state index contributed by atoms with van der Waals surface area (Å²) in [5.41, 5.74) is 0.506. The van der Waals surface area contributed by atoms with Gasteiger partial charge in [0.1, 0.15) is 5.56 Å². The van der Waals surface area contributed by atoms with Crippen molar-refractivity contribution < 1.29 is 14.3 Å². The number of carbonyl (C=O) groups excluding carboxylic acids is 1. The minimum Gasteiger partial charge on any atom is -0.474 e. The van der Waals surface area contributed by atoms with E-state index >= 15 is 0 Å². The summed E-state index contributed by atoms with van der Waals surface area (Å²) in [7, 11) is 0. The molecule has 0 bridgehead atoms. The molecular weight excluding hydrogens is 268 g/mol. The molecule has 1 aliphatic carbocycles. The highest BCUT2D eigenvalue weighted by Gasteiger charge is 2.44. The molecule has 114 valence electrons. The molecule has 0 aromatic carbocycles. The average Bonchev–Trinajstić information content (AvgIpc) is 2.44. The summed E-state index contributed by atoms with van der Waals surface area (Å²) in [5.74, 6) is 0.766. The number of ether oxygens (including phenoxy) is 2. The molecule has 0 radical (unpaired) electrons. The zero-order chi connectivity index (χ0) is 14.8. The number of hydrogen-bond acceptors (Lipinski definition) is 4. The van der Waals surface area contributed by atoms with Crippen LogP contribution in [0.25, 0.3) is 0 Å². The molecule has 1 aliphatic heterocycles.